The number of hydrogen-bond acceptors (Lipinski definition) is 3. The molecule has 4 rings (SSSR count). The fourth-order valence-corrected chi connectivity index (χ4v) is 3.30. The van der Waals surface area contributed by atoms with Gasteiger partial charge in [0.25, 0.3) is 0 Å². The quantitative estimate of drug-likeness (QED) is 0.772. The molecule has 3 aromatic rings. The Morgan fingerprint density at radius 2 is 2.00 bits per heavy atom. The Labute approximate surface area is 144 Å². The van der Waals surface area contributed by atoms with E-state index < -0.39 is 0 Å². The molecule has 0 saturated carbocycles. The molecule has 1 aromatic carbocycles. The van der Waals surface area contributed by atoms with E-state index in [2.05, 4.69) is 15.5 Å². The Bertz CT molecular complexity index is 893. The van der Waals surface area contributed by atoms with Crippen LogP contribution in [0.15, 0.2) is 48.7 Å². The second-order valence-electron chi connectivity index (χ2n) is 5.75. The molecule has 2 aromatic heterocycles. The summed E-state index contributed by atoms with van der Waals surface area (Å²) in [5.41, 5.74) is 1.40. The van der Waals surface area contributed by atoms with Crippen LogP contribution in [0, 0.1) is 0 Å². The number of anilines is 1. The van der Waals surface area contributed by atoms with Gasteiger partial charge in [0.1, 0.15) is 0 Å². The van der Waals surface area contributed by atoms with Gasteiger partial charge in [-0.1, -0.05) is 29.8 Å². The molecule has 2 amide bonds. The number of rotatable bonds is 2. The van der Waals surface area contributed by atoms with Crippen molar-refractivity contribution in [3.8, 4) is 0 Å². The van der Waals surface area contributed by atoms with E-state index in [1.54, 1.807) is 17.0 Å². The zero-order valence-corrected chi connectivity index (χ0v) is 13.6. The highest BCUT2D eigenvalue weighted by Crippen LogP contribution is 2.32. The molecular formula is C17H16ClN5O. The first-order valence-electron chi connectivity index (χ1n) is 7.86. The first-order valence-corrected chi connectivity index (χ1v) is 8.23. The number of halogens is 1. The van der Waals surface area contributed by atoms with Crippen LogP contribution in [-0.4, -0.2) is 32.1 Å². The van der Waals surface area contributed by atoms with Crippen LogP contribution in [0.3, 0.4) is 0 Å². The van der Waals surface area contributed by atoms with Gasteiger partial charge in [-0.25, -0.2) is 4.79 Å². The number of nitrogens with zero attached hydrogens (tertiary/aromatic N) is 4. The SMILES string of the molecule is O=C(Nc1ccccc1Cl)N1CCCC1c1nnc2ccccn12. The van der Waals surface area contributed by atoms with Gasteiger partial charge in [0, 0.05) is 12.7 Å². The van der Waals surface area contributed by atoms with Crippen molar-refractivity contribution in [2.24, 2.45) is 0 Å². The largest absolute Gasteiger partial charge is 0.322 e. The number of fused-ring (bicyclic) bond motifs is 1. The van der Waals surface area contributed by atoms with E-state index in [9.17, 15) is 4.79 Å². The summed E-state index contributed by atoms with van der Waals surface area (Å²) in [4.78, 5) is 14.5. The van der Waals surface area contributed by atoms with Crippen LogP contribution in [-0.2, 0) is 0 Å². The number of urea groups is 1. The molecule has 24 heavy (non-hydrogen) atoms. The highest BCUT2D eigenvalue weighted by Gasteiger charge is 2.33. The molecule has 0 aliphatic carbocycles. The fraction of sp³-hybridized carbons (Fsp3) is 0.235. The van der Waals surface area contributed by atoms with E-state index in [1.807, 2.05) is 40.9 Å². The van der Waals surface area contributed by atoms with Gasteiger partial charge in [-0.05, 0) is 37.1 Å². The van der Waals surface area contributed by atoms with Crippen LogP contribution in [0.25, 0.3) is 5.65 Å². The van der Waals surface area contributed by atoms with Crippen molar-refractivity contribution in [1.82, 2.24) is 19.5 Å². The van der Waals surface area contributed by atoms with E-state index in [1.165, 1.54) is 0 Å². The summed E-state index contributed by atoms with van der Waals surface area (Å²) in [6.45, 7) is 0.683. The van der Waals surface area contributed by atoms with E-state index in [0.29, 0.717) is 17.3 Å². The number of carbonyl (C=O) groups is 1. The van der Waals surface area contributed by atoms with E-state index in [0.717, 1.165) is 24.3 Å². The van der Waals surface area contributed by atoms with Gasteiger partial charge in [0.15, 0.2) is 11.5 Å². The Morgan fingerprint density at radius 3 is 2.88 bits per heavy atom. The third kappa shape index (κ3) is 2.59. The van der Waals surface area contributed by atoms with Crippen molar-refractivity contribution in [1.29, 1.82) is 0 Å². The summed E-state index contributed by atoms with van der Waals surface area (Å²) in [5, 5.41) is 11.9. The molecule has 1 unspecified atom stereocenters. The molecule has 1 N–H and O–H groups in total. The Kier molecular flexibility index (Phi) is 3.82. The first kappa shape index (κ1) is 15.0. The monoisotopic (exact) mass is 341 g/mol. The third-order valence-electron chi connectivity index (χ3n) is 4.27. The lowest BCUT2D eigenvalue weighted by Crippen LogP contribution is -2.35. The standard InChI is InChI=1S/C17H16ClN5O/c18-12-6-1-2-7-13(12)19-17(24)22-11-5-8-14(22)16-21-20-15-9-3-4-10-23(15)16/h1-4,6-7,9-10,14H,5,8,11H2,(H,19,24). The summed E-state index contributed by atoms with van der Waals surface area (Å²) in [5.74, 6) is 0.789. The van der Waals surface area contributed by atoms with Crippen molar-refractivity contribution in [2.75, 3.05) is 11.9 Å². The van der Waals surface area contributed by atoms with Crippen LogP contribution < -0.4 is 5.32 Å². The number of pyridine rings is 1. The fourth-order valence-electron chi connectivity index (χ4n) is 3.11. The highest BCUT2D eigenvalue weighted by atomic mass is 35.5. The molecular weight excluding hydrogens is 326 g/mol. The molecule has 1 aliphatic rings. The number of para-hydroxylation sites is 1. The number of carbonyl (C=O) groups excluding carboxylic acids is 1. The number of nitrogens with one attached hydrogen (secondary N) is 1. The van der Waals surface area contributed by atoms with Gasteiger partial charge in [-0.3, -0.25) is 4.40 Å². The summed E-state index contributed by atoms with van der Waals surface area (Å²) >= 11 is 6.13. The number of amides is 2. The second kappa shape index (κ2) is 6.13. The van der Waals surface area contributed by atoms with Crippen molar-refractivity contribution in [3.63, 3.8) is 0 Å². The van der Waals surface area contributed by atoms with Gasteiger partial charge >= 0.3 is 6.03 Å². The Morgan fingerprint density at radius 1 is 1.17 bits per heavy atom. The maximum atomic E-state index is 12.7. The van der Waals surface area contributed by atoms with Crippen LogP contribution in [0.2, 0.25) is 5.02 Å². The molecule has 1 aliphatic heterocycles. The normalized spacial score (nSPS) is 17.4. The van der Waals surface area contributed by atoms with Crippen LogP contribution in [0.1, 0.15) is 24.7 Å². The van der Waals surface area contributed by atoms with Gasteiger partial charge in [0.2, 0.25) is 0 Å². The minimum absolute atomic E-state index is 0.0927. The Hall–Kier alpha value is -2.60. The number of likely N-dealkylation sites (tertiary alicyclic amines) is 1. The molecule has 0 bridgehead atoms. The van der Waals surface area contributed by atoms with Crippen molar-refractivity contribution < 1.29 is 4.79 Å². The summed E-state index contributed by atoms with van der Waals surface area (Å²) in [6.07, 6.45) is 3.72. The second-order valence-corrected chi connectivity index (χ2v) is 6.16. The predicted molar refractivity (Wildman–Crippen MR) is 92.1 cm³/mol. The van der Waals surface area contributed by atoms with Crippen molar-refractivity contribution in [2.45, 2.75) is 18.9 Å². The number of benzene rings is 1. The minimum Gasteiger partial charge on any atom is -0.314 e. The van der Waals surface area contributed by atoms with Gasteiger partial charge in [-0.15, -0.1) is 10.2 Å². The molecule has 1 atom stereocenters. The van der Waals surface area contributed by atoms with E-state index in [-0.39, 0.29) is 12.1 Å². The number of hydrogen-bond donors (Lipinski definition) is 1. The van der Waals surface area contributed by atoms with Gasteiger partial charge in [0.05, 0.1) is 16.8 Å². The zero-order chi connectivity index (χ0) is 16.5. The zero-order valence-electron chi connectivity index (χ0n) is 12.9. The maximum Gasteiger partial charge on any atom is 0.322 e. The molecule has 122 valence electrons. The number of aromatic nitrogens is 3. The Balaban J connectivity index is 1.61. The lowest BCUT2D eigenvalue weighted by atomic mass is 10.2. The molecule has 7 heteroatoms. The van der Waals surface area contributed by atoms with Crippen molar-refractivity contribution >= 4 is 29.0 Å². The molecule has 3 heterocycles. The summed E-state index contributed by atoms with van der Waals surface area (Å²) in [6, 6.07) is 12.7. The first-order chi connectivity index (χ1) is 11.7. The minimum atomic E-state index is -0.168. The molecule has 1 saturated heterocycles. The molecule has 0 spiro atoms. The highest BCUT2D eigenvalue weighted by molar-refractivity contribution is 6.33. The van der Waals surface area contributed by atoms with Gasteiger partial charge in [-0.2, -0.15) is 0 Å². The summed E-state index contributed by atoms with van der Waals surface area (Å²) < 4.78 is 1.94. The van der Waals surface area contributed by atoms with Crippen LogP contribution in [0.4, 0.5) is 10.5 Å². The average molecular weight is 342 g/mol. The van der Waals surface area contributed by atoms with Crippen molar-refractivity contribution in [3.05, 3.63) is 59.5 Å². The van der Waals surface area contributed by atoms with Gasteiger partial charge < -0.3 is 10.2 Å². The topological polar surface area (TPSA) is 62.5 Å². The third-order valence-corrected chi connectivity index (χ3v) is 4.60. The van der Waals surface area contributed by atoms with E-state index >= 15 is 0 Å². The average Bonchev–Trinajstić information content (AvgIpc) is 3.23. The molecule has 0 radical (unpaired) electrons. The van der Waals surface area contributed by atoms with E-state index in [4.69, 9.17) is 11.6 Å². The van der Waals surface area contributed by atoms with Crippen LogP contribution in [0.5, 0.6) is 0 Å². The molecule has 6 nitrogen and oxygen atoms in total. The lowest BCUT2D eigenvalue weighted by molar-refractivity contribution is 0.204. The van der Waals surface area contributed by atoms with Crippen LogP contribution >= 0.6 is 11.6 Å². The maximum absolute atomic E-state index is 12.7. The smallest absolute Gasteiger partial charge is 0.314 e. The predicted octanol–water partition coefficient (Wildman–Crippen LogP) is 3.75. The summed E-state index contributed by atoms with van der Waals surface area (Å²) in [7, 11) is 0. The lowest BCUT2D eigenvalue weighted by Gasteiger charge is -2.24. The molecule has 1 fully saturated rings.